The van der Waals surface area contributed by atoms with E-state index in [1.807, 2.05) is 18.2 Å². The highest BCUT2D eigenvalue weighted by molar-refractivity contribution is 7.92. The molecular weight excluding hydrogens is 403 g/mol. The van der Waals surface area contributed by atoms with Gasteiger partial charge in [-0.15, -0.1) is 0 Å². The van der Waals surface area contributed by atoms with Crippen LogP contribution < -0.4 is 4.72 Å². The van der Waals surface area contributed by atoms with E-state index in [1.54, 1.807) is 24.4 Å². The summed E-state index contributed by atoms with van der Waals surface area (Å²) in [4.78, 5) is 4.14. The zero-order chi connectivity index (χ0) is 18.0. The van der Waals surface area contributed by atoms with E-state index in [0.717, 1.165) is 11.1 Å². The number of hydrogen-bond acceptors (Lipinski definition) is 3. The van der Waals surface area contributed by atoms with Crippen LogP contribution in [0.2, 0.25) is 15.1 Å². The van der Waals surface area contributed by atoms with Crippen molar-refractivity contribution in [2.75, 3.05) is 4.72 Å². The Bertz CT molecular complexity index is 1020. The molecule has 25 heavy (non-hydrogen) atoms. The van der Waals surface area contributed by atoms with Crippen molar-refractivity contribution in [3.8, 4) is 11.1 Å². The summed E-state index contributed by atoms with van der Waals surface area (Å²) in [5, 5.41) is 1.03. The van der Waals surface area contributed by atoms with Gasteiger partial charge in [-0.05, 0) is 36.4 Å². The standard InChI is InChI=1S/C17H11Cl3N2O2S/c18-14-4-2-1-3-13(14)11-5-8-17(21-10-11)22-25(23,24)12-6-7-15(19)16(20)9-12/h1-10H,(H,21,22). The lowest BCUT2D eigenvalue weighted by atomic mass is 10.1. The van der Waals surface area contributed by atoms with Crippen LogP contribution in [0.25, 0.3) is 11.1 Å². The van der Waals surface area contributed by atoms with Gasteiger partial charge in [-0.25, -0.2) is 13.4 Å². The maximum absolute atomic E-state index is 12.4. The minimum atomic E-state index is -3.82. The van der Waals surface area contributed by atoms with E-state index in [9.17, 15) is 8.42 Å². The summed E-state index contributed by atoms with van der Waals surface area (Å²) in [5.41, 5.74) is 1.60. The fourth-order valence-corrected chi connectivity index (χ4v) is 3.79. The lowest BCUT2D eigenvalue weighted by Gasteiger charge is -2.09. The highest BCUT2D eigenvalue weighted by Crippen LogP contribution is 2.28. The monoisotopic (exact) mass is 412 g/mol. The number of rotatable bonds is 4. The van der Waals surface area contributed by atoms with Gasteiger partial charge in [-0.1, -0.05) is 53.0 Å². The third kappa shape index (κ3) is 4.07. The molecule has 0 atom stereocenters. The summed E-state index contributed by atoms with van der Waals surface area (Å²) in [5.74, 6) is 0.182. The summed E-state index contributed by atoms with van der Waals surface area (Å²) in [7, 11) is -3.82. The minimum Gasteiger partial charge on any atom is -0.263 e. The predicted molar refractivity (Wildman–Crippen MR) is 102 cm³/mol. The van der Waals surface area contributed by atoms with Crippen LogP contribution in [0, 0.1) is 0 Å². The maximum atomic E-state index is 12.4. The van der Waals surface area contributed by atoms with Crippen LogP contribution in [0.1, 0.15) is 0 Å². The van der Waals surface area contributed by atoms with Crippen molar-refractivity contribution in [1.82, 2.24) is 4.98 Å². The van der Waals surface area contributed by atoms with Crippen molar-refractivity contribution in [1.29, 1.82) is 0 Å². The number of nitrogens with zero attached hydrogens (tertiary/aromatic N) is 1. The van der Waals surface area contributed by atoms with Crippen LogP contribution in [-0.4, -0.2) is 13.4 Å². The fourth-order valence-electron chi connectivity index (χ4n) is 2.15. The first-order chi connectivity index (χ1) is 11.9. The third-order valence-corrected chi connectivity index (χ3v) is 5.81. The lowest BCUT2D eigenvalue weighted by Crippen LogP contribution is -2.13. The molecule has 0 spiro atoms. The lowest BCUT2D eigenvalue weighted by molar-refractivity contribution is 0.601. The van der Waals surface area contributed by atoms with Crippen LogP contribution in [0.3, 0.4) is 0 Å². The topological polar surface area (TPSA) is 59.1 Å². The van der Waals surface area contributed by atoms with Crippen LogP contribution in [0.4, 0.5) is 5.82 Å². The highest BCUT2D eigenvalue weighted by Gasteiger charge is 2.16. The third-order valence-electron chi connectivity index (χ3n) is 3.39. The number of sulfonamides is 1. The van der Waals surface area contributed by atoms with Crippen LogP contribution in [0.15, 0.2) is 65.7 Å². The van der Waals surface area contributed by atoms with Crippen molar-refractivity contribution < 1.29 is 8.42 Å². The van der Waals surface area contributed by atoms with E-state index >= 15 is 0 Å². The molecule has 2 aromatic carbocycles. The van der Waals surface area contributed by atoms with Gasteiger partial charge in [0.05, 0.1) is 14.9 Å². The van der Waals surface area contributed by atoms with Gasteiger partial charge in [-0.2, -0.15) is 0 Å². The Kier molecular flexibility index (Phi) is 5.20. The highest BCUT2D eigenvalue weighted by atomic mass is 35.5. The SMILES string of the molecule is O=S(=O)(Nc1ccc(-c2ccccc2Cl)cn1)c1ccc(Cl)c(Cl)c1. The smallest absolute Gasteiger partial charge is 0.263 e. The first-order valence-electron chi connectivity index (χ1n) is 7.06. The average molecular weight is 414 g/mol. The second-order valence-electron chi connectivity index (χ2n) is 5.09. The Balaban J connectivity index is 1.86. The van der Waals surface area contributed by atoms with Gasteiger partial charge in [-0.3, -0.25) is 4.72 Å². The van der Waals surface area contributed by atoms with Gasteiger partial charge >= 0.3 is 0 Å². The molecule has 8 heteroatoms. The Morgan fingerprint density at radius 2 is 1.60 bits per heavy atom. The normalized spacial score (nSPS) is 11.3. The summed E-state index contributed by atoms with van der Waals surface area (Å²) in [6, 6.07) is 14.7. The molecule has 0 amide bonds. The van der Waals surface area contributed by atoms with Crippen LogP contribution >= 0.6 is 34.8 Å². The predicted octanol–water partition coefficient (Wildman–Crippen LogP) is 5.51. The van der Waals surface area contributed by atoms with Crippen molar-refractivity contribution in [2.24, 2.45) is 0 Å². The van der Waals surface area contributed by atoms with Gasteiger partial charge in [0.1, 0.15) is 5.82 Å². The summed E-state index contributed by atoms with van der Waals surface area (Å²) in [6.45, 7) is 0. The summed E-state index contributed by atoms with van der Waals surface area (Å²) >= 11 is 17.8. The number of aromatic nitrogens is 1. The molecule has 128 valence electrons. The molecule has 0 bridgehead atoms. The molecule has 4 nitrogen and oxygen atoms in total. The molecule has 0 aliphatic heterocycles. The molecule has 3 aromatic rings. The van der Waals surface area contributed by atoms with Gasteiger partial charge in [0.15, 0.2) is 0 Å². The van der Waals surface area contributed by atoms with Gasteiger partial charge < -0.3 is 0 Å². The van der Waals surface area contributed by atoms with E-state index in [-0.39, 0.29) is 20.8 Å². The van der Waals surface area contributed by atoms with Crippen molar-refractivity contribution in [3.63, 3.8) is 0 Å². The van der Waals surface area contributed by atoms with Gasteiger partial charge in [0.25, 0.3) is 10.0 Å². The maximum Gasteiger partial charge on any atom is 0.263 e. The quantitative estimate of drug-likeness (QED) is 0.613. The van der Waals surface area contributed by atoms with E-state index in [0.29, 0.717) is 5.02 Å². The molecule has 0 radical (unpaired) electrons. The molecule has 1 aromatic heterocycles. The summed E-state index contributed by atoms with van der Waals surface area (Å²) in [6.07, 6.45) is 1.55. The van der Waals surface area contributed by atoms with E-state index in [4.69, 9.17) is 34.8 Å². The van der Waals surface area contributed by atoms with Crippen molar-refractivity contribution in [3.05, 3.63) is 75.9 Å². The zero-order valence-corrected chi connectivity index (χ0v) is 15.7. The summed E-state index contributed by atoms with van der Waals surface area (Å²) < 4.78 is 27.2. The second kappa shape index (κ2) is 7.22. The molecule has 3 rings (SSSR count). The minimum absolute atomic E-state index is 0.00104. The molecule has 0 aliphatic carbocycles. The first kappa shape index (κ1) is 18.0. The molecule has 0 fully saturated rings. The largest absolute Gasteiger partial charge is 0.263 e. The van der Waals surface area contributed by atoms with E-state index < -0.39 is 10.0 Å². The number of halogens is 3. The average Bonchev–Trinajstić information content (AvgIpc) is 2.58. The molecule has 1 N–H and O–H groups in total. The zero-order valence-electron chi connectivity index (χ0n) is 12.6. The molecule has 0 saturated carbocycles. The van der Waals surface area contributed by atoms with Crippen molar-refractivity contribution >= 4 is 50.6 Å². The Morgan fingerprint density at radius 3 is 2.24 bits per heavy atom. The molecular formula is C17H11Cl3N2O2S. The number of anilines is 1. The van der Waals surface area contributed by atoms with Crippen molar-refractivity contribution in [2.45, 2.75) is 4.90 Å². The fraction of sp³-hybridized carbons (Fsp3) is 0. The van der Waals surface area contributed by atoms with Gasteiger partial charge in [0.2, 0.25) is 0 Å². The first-order valence-corrected chi connectivity index (χ1v) is 9.67. The number of hydrogen-bond donors (Lipinski definition) is 1. The van der Waals surface area contributed by atoms with E-state index in [2.05, 4.69) is 9.71 Å². The van der Waals surface area contributed by atoms with E-state index in [1.165, 1.54) is 18.2 Å². The number of nitrogens with one attached hydrogen (secondary N) is 1. The second-order valence-corrected chi connectivity index (χ2v) is 8.00. The molecule has 0 aliphatic rings. The van der Waals surface area contributed by atoms with Crippen LogP contribution in [0.5, 0.6) is 0 Å². The van der Waals surface area contributed by atoms with Gasteiger partial charge in [0, 0.05) is 22.3 Å². The Labute approximate surface area is 160 Å². The van der Waals surface area contributed by atoms with Crippen LogP contribution in [-0.2, 0) is 10.0 Å². The number of pyridine rings is 1. The molecule has 0 unspecified atom stereocenters. The Morgan fingerprint density at radius 1 is 0.840 bits per heavy atom. The molecule has 0 saturated heterocycles. The number of benzene rings is 2. The molecule has 1 heterocycles. The Hall–Kier alpha value is -1.79.